The highest BCUT2D eigenvalue weighted by atomic mass is 32.1. The van der Waals surface area contributed by atoms with Crippen LogP contribution in [0.25, 0.3) is 0 Å². The average Bonchev–Trinajstić information content (AvgIpc) is 2.62. The average molecular weight is 349 g/mol. The predicted molar refractivity (Wildman–Crippen MR) is 103 cm³/mol. The number of thiocarbonyl (C=S) groups is 1. The number of rotatable bonds is 6. The van der Waals surface area contributed by atoms with E-state index in [0.29, 0.717) is 6.54 Å². The van der Waals surface area contributed by atoms with E-state index >= 15 is 0 Å². The monoisotopic (exact) mass is 348 g/mol. The van der Waals surface area contributed by atoms with Crippen molar-refractivity contribution >= 4 is 28.9 Å². The van der Waals surface area contributed by atoms with Crippen LogP contribution in [0, 0.1) is 5.92 Å². The molecule has 0 unspecified atom stereocenters. The molecule has 1 fully saturated rings. The van der Waals surface area contributed by atoms with E-state index in [1.807, 2.05) is 7.05 Å². The molecule has 0 atom stereocenters. The molecule has 0 aromatic heterocycles. The standard InChI is InChI=1S/C18H28N4OS/c1-3-14-4-6-16(7-5-14)21-18(24)22-12-8-15(9-13-22)17(23)20-11-10-19-2/h4-7,15,19H,3,8-13H2,1-2H3,(H,20,23)(H,21,24). The van der Waals surface area contributed by atoms with Crippen LogP contribution < -0.4 is 16.0 Å². The number of hydrogen-bond acceptors (Lipinski definition) is 3. The van der Waals surface area contributed by atoms with Gasteiger partial charge in [-0.05, 0) is 56.2 Å². The maximum absolute atomic E-state index is 12.1. The fourth-order valence-corrected chi connectivity index (χ4v) is 3.13. The zero-order chi connectivity index (χ0) is 17.4. The summed E-state index contributed by atoms with van der Waals surface area (Å²) in [7, 11) is 1.88. The number of likely N-dealkylation sites (tertiary alicyclic amines) is 1. The van der Waals surface area contributed by atoms with E-state index in [2.05, 4.69) is 52.0 Å². The van der Waals surface area contributed by atoms with Gasteiger partial charge in [-0.2, -0.15) is 0 Å². The molecule has 0 spiro atoms. The summed E-state index contributed by atoms with van der Waals surface area (Å²) in [5.41, 5.74) is 2.33. The second kappa shape index (κ2) is 9.59. The van der Waals surface area contributed by atoms with Gasteiger partial charge in [0, 0.05) is 37.8 Å². The summed E-state index contributed by atoms with van der Waals surface area (Å²) in [6, 6.07) is 8.36. The first-order valence-electron chi connectivity index (χ1n) is 8.71. The van der Waals surface area contributed by atoms with Crippen LogP contribution in [-0.4, -0.2) is 49.1 Å². The number of benzene rings is 1. The lowest BCUT2D eigenvalue weighted by Crippen LogP contribution is -2.45. The number of amides is 1. The molecule has 1 aromatic rings. The molecule has 24 heavy (non-hydrogen) atoms. The molecule has 1 aromatic carbocycles. The summed E-state index contributed by atoms with van der Waals surface area (Å²) in [6.07, 6.45) is 2.73. The van der Waals surface area contributed by atoms with Gasteiger partial charge >= 0.3 is 0 Å². The molecule has 5 nitrogen and oxygen atoms in total. The molecule has 6 heteroatoms. The van der Waals surface area contributed by atoms with Gasteiger partial charge in [0.25, 0.3) is 0 Å². The van der Waals surface area contributed by atoms with E-state index in [0.717, 1.165) is 49.7 Å². The number of carbonyl (C=O) groups excluding carboxylic acids is 1. The Bertz CT molecular complexity index is 538. The number of nitrogens with zero attached hydrogens (tertiary/aromatic N) is 1. The Morgan fingerprint density at radius 2 is 1.88 bits per heavy atom. The van der Waals surface area contributed by atoms with E-state index < -0.39 is 0 Å². The third kappa shape index (κ3) is 5.46. The summed E-state index contributed by atoms with van der Waals surface area (Å²) < 4.78 is 0. The second-order valence-corrected chi connectivity index (χ2v) is 6.52. The number of anilines is 1. The minimum atomic E-state index is 0.102. The Morgan fingerprint density at radius 1 is 1.21 bits per heavy atom. The topological polar surface area (TPSA) is 56.4 Å². The molecule has 0 radical (unpaired) electrons. The Hall–Kier alpha value is -1.66. The van der Waals surface area contributed by atoms with Gasteiger partial charge in [-0.3, -0.25) is 4.79 Å². The van der Waals surface area contributed by atoms with Gasteiger partial charge in [0.15, 0.2) is 5.11 Å². The van der Waals surface area contributed by atoms with Crippen LogP contribution in [0.1, 0.15) is 25.3 Å². The SMILES string of the molecule is CCc1ccc(NC(=S)N2CCC(C(=O)NCCNC)CC2)cc1. The first kappa shape index (κ1) is 18.7. The van der Waals surface area contributed by atoms with Gasteiger partial charge in [0.1, 0.15) is 0 Å². The summed E-state index contributed by atoms with van der Waals surface area (Å²) in [5.74, 6) is 0.267. The van der Waals surface area contributed by atoms with E-state index in [9.17, 15) is 4.79 Å². The molecule has 0 bridgehead atoms. The van der Waals surface area contributed by atoms with Crippen LogP contribution in [0.4, 0.5) is 5.69 Å². The molecule has 1 aliphatic rings. The Morgan fingerprint density at radius 3 is 2.46 bits per heavy atom. The quantitative estimate of drug-likeness (QED) is 0.542. The van der Waals surface area contributed by atoms with Crippen molar-refractivity contribution < 1.29 is 4.79 Å². The summed E-state index contributed by atoms with van der Waals surface area (Å²) in [6.45, 7) is 5.27. The molecular formula is C18H28N4OS. The van der Waals surface area contributed by atoms with Gasteiger partial charge in [0.2, 0.25) is 5.91 Å². The number of likely N-dealkylation sites (N-methyl/N-ethyl adjacent to an activating group) is 1. The fraction of sp³-hybridized carbons (Fsp3) is 0.556. The van der Waals surface area contributed by atoms with Crippen molar-refractivity contribution in [2.24, 2.45) is 5.92 Å². The third-order valence-corrected chi connectivity index (χ3v) is 4.80. The lowest BCUT2D eigenvalue weighted by molar-refractivity contribution is -0.126. The zero-order valence-electron chi connectivity index (χ0n) is 14.6. The minimum absolute atomic E-state index is 0.102. The highest BCUT2D eigenvalue weighted by Crippen LogP contribution is 2.19. The Labute approximate surface area is 150 Å². The van der Waals surface area contributed by atoms with Crippen molar-refractivity contribution in [2.75, 3.05) is 38.5 Å². The van der Waals surface area contributed by atoms with Crippen molar-refractivity contribution in [3.05, 3.63) is 29.8 Å². The van der Waals surface area contributed by atoms with Crippen LogP contribution in [0.3, 0.4) is 0 Å². The van der Waals surface area contributed by atoms with Gasteiger partial charge < -0.3 is 20.9 Å². The largest absolute Gasteiger partial charge is 0.355 e. The Balaban J connectivity index is 1.76. The number of carbonyl (C=O) groups is 1. The number of aryl methyl sites for hydroxylation is 1. The number of piperidine rings is 1. The summed E-state index contributed by atoms with van der Waals surface area (Å²) in [4.78, 5) is 14.2. The predicted octanol–water partition coefficient (Wildman–Crippen LogP) is 1.99. The minimum Gasteiger partial charge on any atom is -0.355 e. The number of nitrogens with one attached hydrogen (secondary N) is 3. The zero-order valence-corrected chi connectivity index (χ0v) is 15.4. The van der Waals surface area contributed by atoms with Crippen LogP contribution in [0.5, 0.6) is 0 Å². The first-order valence-corrected chi connectivity index (χ1v) is 9.12. The maximum atomic E-state index is 12.1. The van der Waals surface area contributed by atoms with Crippen molar-refractivity contribution in [3.63, 3.8) is 0 Å². The van der Waals surface area contributed by atoms with Crippen molar-refractivity contribution in [1.29, 1.82) is 0 Å². The van der Waals surface area contributed by atoms with Crippen LogP contribution in [0.15, 0.2) is 24.3 Å². The molecule has 0 aliphatic carbocycles. The van der Waals surface area contributed by atoms with Crippen LogP contribution in [0.2, 0.25) is 0 Å². The normalized spacial score (nSPS) is 15.2. The molecule has 132 valence electrons. The van der Waals surface area contributed by atoms with Crippen molar-refractivity contribution in [1.82, 2.24) is 15.5 Å². The maximum Gasteiger partial charge on any atom is 0.223 e. The van der Waals surface area contributed by atoms with Crippen LogP contribution >= 0.6 is 12.2 Å². The second-order valence-electron chi connectivity index (χ2n) is 6.14. The molecule has 1 aliphatic heterocycles. The molecule has 1 heterocycles. The van der Waals surface area contributed by atoms with E-state index in [1.165, 1.54) is 5.56 Å². The number of hydrogen-bond donors (Lipinski definition) is 3. The summed E-state index contributed by atoms with van der Waals surface area (Å²) in [5, 5.41) is 10.1. The van der Waals surface area contributed by atoms with Crippen molar-refractivity contribution in [2.45, 2.75) is 26.2 Å². The lowest BCUT2D eigenvalue weighted by Gasteiger charge is -2.33. The van der Waals surface area contributed by atoms with E-state index in [-0.39, 0.29) is 11.8 Å². The first-order chi connectivity index (χ1) is 11.6. The third-order valence-electron chi connectivity index (χ3n) is 4.44. The molecule has 1 amide bonds. The smallest absolute Gasteiger partial charge is 0.223 e. The molecule has 0 saturated carbocycles. The molecule has 3 N–H and O–H groups in total. The fourth-order valence-electron chi connectivity index (χ4n) is 2.83. The Kier molecular flexibility index (Phi) is 7.46. The molecule has 1 saturated heterocycles. The van der Waals surface area contributed by atoms with E-state index in [1.54, 1.807) is 0 Å². The van der Waals surface area contributed by atoms with Gasteiger partial charge in [-0.25, -0.2) is 0 Å². The summed E-state index contributed by atoms with van der Waals surface area (Å²) >= 11 is 5.51. The van der Waals surface area contributed by atoms with E-state index in [4.69, 9.17) is 12.2 Å². The molecule has 2 rings (SSSR count). The molecular weight excluding hydrogens is 320 g/mol. The van der Waals surface area contributed by atoms with Crippen molar-refractivity contribution in [3.8, 4) is 0 Å². The van der Waals surface area contributed by atoms with Crippen LogP contribution in [-0.2, 0) is 11.2 Å². The highest BCUT2D eigenvalue weighted by molar-refractivity contribution is 7.80. The van der Waals surface area contributed by atoms with Gasteiger partial charge in [-0.15, -0.1) is 0 Å². The van der Waals surface area contributed by atoms with Gasteiger partial charge in [-0.1, -0.05) is 19.1 Å². The highest BCUT2D eigenvalue weighted by Gasteiger charge is 2.25. The van der Waals surface area contributed by atoms with Gasteiger partial charge in [0.05, 0.1) is 0 Å². The lowest BCUT2D eigenvalue weighted by atomic mass is 9.96.